The molecule has 6 nitrogen and oxygen atoms in total. The lowest BCUT2D eigenvalue weighted by Crippen LogP contribution is -2.08. The quantitative estimate of drug-likeness (QED) is 0.377. The molecule has 1 aromatic rings. The molecular weight excluding hydrogens is 268 g/mol. The number of nitro groups is 1. The van der Waals surface area contributed by atoms with E-state index in [0.717, 1.165) is 13.0 Å². The third kappa shape index (κ3) is 5.73. The Balaban J connectivity index is 2.23. The fraction of sp³-hybridized carbons (Fsp3) is 0.800. The highest BCUT2D eigenvalue weighted by molar-refractivity contribution is 5.53. The number of aryl methyl sites for hydroxylation is 1. The van der Waals surface area contributed by atoms with Crippen LogP contribution in [0.2, 0.25) is 0 Å². The van der Waals surface area contributed by atoms with Gasteiger partial charge in [-0.05, 0) is 16.3 Å². The Bertz CT molecular complexity index is 443. The fourth-order valence-electron chi connectivity index (χ4n) is 2.38. The monoisotopic (exact) mass is 296 g/mol. The highest BCUT2D eigenvalue weighted by Gasteiger charge is 2.22. The maximum Gasteiger partial charge on any atom is 0.406 e. The van der Waals surface area contributed by atoms with Gasteiger partial charge in [0, 0.05) is 20.5 Å². The highest BCUT2D eigenvalue weighted by Crippen LogP contribution is 2.23. The van der Waals surface area contributed by atoms with Gasteiger partial charge in [-0.15, -0.1) is 0 Å². The first-order valence-electron chi connectivity index (χ1n) is 7.99. The molecule has 0 bridgehead atoms. The van der Waals surface area contributed by atoms with E-state index in [9.17, 15) is 10.1 Å². The molecule has 0 amide bonds. The Labute approximate surface area is 127 Å². The molecule has 0 aliphatic carbocycles. The summed E-state index contributed by atoms with van der Waals surface area (Å²) in [7, 11) is 1.80. The smallest absolute Gasteiger partial charge is 0.364 e. The molecule has 0 atom stereocenters. The van der Waals surface area contributed by atoms with Crippen molar-refractivity contribution in [3.05, 3.63) is 15.9 Å². The zero-order valence-corrected chi connectivity index (χ0v) is 13.5. The Hall–Kier alpha value is -1.59. The standard InChI is InChI=1S/C15H28N4O2/c1-4-5-6-7-8-9-10-11-12-16-14-15(19(20)21)17-13(2)18(14)3/h16H,4-12H2,1-3H3. The van der Waals surface area contributed by atoms with Crippen LogP contribution in [0.3, 0.4) is 0 Å². The van der Waals surface area contributed by atoms with E-state index in [1.165, 1.54) is 44.9 Å². The Kier molecular flexibility index (Phi) is 7.79. The highest BCUT2D eigenvalue weighted by atomic mass is 16.6. The van der Waals surface area contributed by atoms with Crippen molar-refractivity contribution >= 4 is 11.6 Å². The van der Waals surface area contributed by atoms with Crippen molar-refractivity contribution in [2.75, 3.05) is 11.9 Å². The summed E-state index contributed by atoms with van der Waals surface area (Å²) in [5.74, 6) is 1.09. The van der Waals surface area contributed by atoms with Crippen LogP contribution < -0.4 is 5.32 Å². The summed E-state index contributed by atoms with van der Waals surface area (Å²) in [6.07, 6.45) is 10.0. The van der Waals surface area contributed by atoms with E-state index in [-0.39, 0.29) is 5.82 Å². The van der Waals surface area contributed by atoms with Crippen LogP contribution in [-0.2, 0) is 7.05 Å². The van der Waals surface area contributed by atoms with E-state index in [0.29, 0.717) is 11.6 Å². The van der Waals surface area contributed by atoms with Crippen molar-refractivity contribution in [3.63, 3.8) is 0 Å². The second kappa shape index (κ2) is 9.37. The molecule has 6 heteroatoms. The fourth-order valence-corrected chi connectivity index (χ4v) is 2.38. The van der Waals surface area contributed by atoms with Gasteiger partial charge in [0.25, 0.3) is 0 Å². The number of nitrogens with zero attached hydrogens (tertiary/aromatic N) is 3. The number of unbranched alkanes of at least 4 members (excludes halogenated alkanes) is 7. The van der Waals surface area contributed by atoms with Gasteiger partial charge in [-0.3, -0.25) is 4.57 Å². The number of anilines is 1. The molecule has 1 aromatic heterocycles. The molecule has 120 valence electrons. The summed E-state index contributed by atoms with van der Waals surface area (Å²) in [6, 6.07) is 0. The second-order valence-corrected chi connectivity index (χ2v) is 5.55. The number of hydrogen-bond acceptors (Lipinski definition) is 4. The van der Waals surface area contributed by atoms with Crippen LogP contribution in [0.1, 0.15) is 64.1 Å². The minimum atomic E-state index is -0.428. The third-order valence-electron chi connectivity index (χ3n) is 3.80. The van der Waals surface area contributed by atoms with Gasteiger partial charge in [-0.25, -0.2) is 0 Å². The zero-order chi connectivity index (χ0) is 15.7. The maximum absolute atomic E-state index is 10.9. The molecule has 0 radical (unpaired) electrons. The largest absolute Gasteiger partial charge is 0.406 e. The minimum Gasteiger partial charge on any atom is -0.364 e. The molecule has 1 rings (SSSR count). The number of hydrogen-bond donors (Lipinski definition) is 1. The average molecular weight is 296 g/mol. The van der Waals surface area contributed by atoms with Crippen molar-refractivity contribution in [3.8, 4) is 0 Å². The first-order chi connectivity index (χ1) is 10.1. The van der Waals surface area contributed by atoms with E-state index < -0.39 is 4.92 Å². The predicted octanol–water partition coefficient (Wildman–Crippen LogP) is 4.19. The minimum absolute atomic E-state index is 0.0745. The van der Waals surface area contributed by atoms with Crippen LogP contribution in [-0.4, -0.2) is 21.0 Å². The lowest BCUT2D eigenvalue weighted by atomic mass is 10.1. The third-order valence-corrected chi connectivity index (χ3v) is 3.80. The molecule has 1 heterocycles. The SMILES string of the molecule is CCCCCCCCCCNc1c([N+](=O)[O-])nc(C)n1C. The number of rotatable bonds is 11. The predicted molar refractivity (Wildman–Crippen MR) is 85.7 cm³/mol. The molecule has 0 spiro atoms. The van der Waals surface area contributed by atoms with Gasteiger partial charge in [0.2, 0.25) is 11.6 Å². The Morgan fingerprint density at radius 2 is 1.71 bits per heavy atom. The van der Waals surface area contributed by atoms with Crippen LogP contribution in [0.5, 0.6) is 0 Å². The van der Waals surface area contributed by atoms with Crippen molar-refractivity contribution in [2.24, 2.45) is 7.05 Å². The average Bonchev–Trinajstić information content (AvgIpc) is 2.74. The van der Waals surface area contributed by atoms with Crippen LogP contribution in [0.25, 0.3) is 0 Å². The van der Waals surface area contributed by atoms with Crippen LogP contribution >= 0.6 is 0 Å². The second-order valence-electron chi connectivity index (χ2n) is 5.55. The van der Waals surface area contributed by atoms with E-state index in [4.69, 9.17) is 0 Å². The molecule has 1 N–H and O–H groups in total. The van der Waals surface area contributed by atoms with Crippen molar-refractivity contribution < 1.29 is 4.92 Å². The van der Waals surface area contributed by atoms with E-state index in [1.54, 1.807) is 18.5 Å². The number of nitrogens with one attached hydrogen (secondary N) is 1. The summed E-state index contributed by atoms with van der Waals surface area (Å²) in [5, 5.41) is 14.1. The van der Waals surface area contributed by atoms with Gasteiger partial charge in [-0.1, -0.05) is 51.9 Å². The van der Waals surface area contributed by atoms with Gasteiger partial charge in [0.05, 0.1) is 0 Å². The lowest BCUT2D eigenvalue weighted by Gasteiger charge is -2.06. The van der Waals surface area contributed by atoms with Crippen LogP contribution in [0, 0.1) is 17.0 Å². The molecule has 0 fully saturated rings. The molecule has 0 aliphatic rings. The number of aromatic nitrogens is 2. The topological polar surface area (TPSA) is 73.0 Å². The summed E-state index contributed by atoms with van der Waals surface area (Å²) in [5.41, 5.74) is 0. The first-order valence-corrected chi connectivity index (χ1v) is 7.99. The summed E-state index contributed by atoms with van der Waals surface area (Å²) in [4.78, 5) is 14.5. The van der Waals surface area contributed by atoms with Gasteiger partial charge >= 0.3 is 5.82 Å². The van der Waals surface area contributed by atoms with E-state index >= 15 is 0 Å². The molecule has 0 aromatic carbocycles. The van der Waals surface area contributed by atoms with E-state index in [1.807, 2.05) is 0 Å². The number of imidazole rings is 1. The van der Waals surface area contributed by atoms with Gasteiger partial charge in [0.1, 0.15) is 0 Å². The Morgan fingerprint density at radius 3 is 2.29 bits per heavy atom. The molecule has 0 unspecified atom stereocenters. The van der Waals surface area contributed by atoms with Crippen molar-refractivity contribution in [1.29, 1.82) is 0 Å². The molecular formula is C15H28N4O2. The van der Waals surface area contributed by atoms with Crippen molar-refractivity contribution in [2.45, 2.75) is 65.2 Å². The van der Waals surface area contributed by atoms with Gasteiger partial charge < -0.3 is 15.4 Å². The van der Waals surface area contributed by atoms with Crippen LogP contribution in [0.15, 0.2) is 0 Å². The summed E-state index contributed by atoms with van der Waals surface area (Å²) < 4.78 is 1.74. The molecule has 0 aliphatic heterocycles. The molecule has 21 heavy (non-hydrogen) atoms. The van der Waals surface area contributed by atoms with Crippen molar-refractivity contribution in [1.82, 2.24) is 9.55 Å². The van der Waals surface area contributed by atoms with Crippen LogP contribution in [0.4, 0.5) is 11.6 Å². The summed E-state index contributed by atoms with van der Waals surface area (Å²) >= 11 is 0. The van der Waals surface area contributed by atoms with Gasteiger partial charge in [-0.2, -0.15) is 0 Å². The first kappa shape index (κ1) is 17.5. The summed E-state index contributed by atoms with van der Waals surface area (Å²) in [6.45, 7) is 4.76. The van der Waals surface area contributed by atoms with Gasteiger partial charge in [0.15, 0.2) is 0 Å². The maximum atomic E-state index is 10.9. The van der Waals surface area contributed by atoms with E-state index in [2.05, 4.69) is 17.2 Å². The lowest BCUT2D eigenvalue weighted by molar-refractivity contribution is -0.388. The normalized spacial score (nSPS) is 10.8. The Morgan fingerprint density at radius 1 is 1.14 bits per heavy atom. The zero-order valence-electron chi connectivity index (χ0n) is 13.5. The molecule has 0 saturated carbocycles. The molecule has 0 saturated heterocycles.